The van der Waals surface area contributed by atoms with E-state index in [0.717, 1.165) is 16.5 Å². The molecule has 1 N–H and O–H groups in total. The molecule has 4 nitrogen and oxygen atoms in total. The molecule has 1 aliphatic heterocycles. The molecule has 1 aromatic carbocycles. The number of hydrogen-bond donors (Lipinski definition) is 1. The first-order valence-corrected chi connectivity index (χ1v) is 8.51. The molecule has 22 heavy (non-hydrogen) atoms. The van der Waals surface area contributed by atoms with Gasteiger partial charge in [0.25, 0.3) is 0 Å². The standard InChI is InChI=1S/C17H22BrNO3/c1-3-12(10-13-6-4-5-7-15(13)18)16(20)19-9-8-14(11(19)2)17(21)22/h4-7,11-12,14H,3,8-10H2,1-2H3,(H,21,22). The van der Waals surface area contributed by atoms with E-state index < -0.39 is 11.9 Å². The van der Waals surface area contributed by atoms with Crippen LogP contribution in [0.15, 0.2) is 28.7 Å². The minimum absolute atomic E-state index is 0.0782. The van der Waals surface area contributed by atoms with Gasteiger partial charge in [0, 0.05) is 23.0 Å². The summed E-state index contributed by atoms with van der Waals surface area (Å²) in [5, 5.41) is 9.21. The van der Waals surface area contributed by atoms with Crippen LogP contribution in [-0.2, 0) is 16.0 Å². The monoisotopic (exact) mass is 367 g/mol. The molecule has 0 aliphatic carbocycles. The Labute approximate surface area is 139 Å². The Kier molecular flexibility index (Phi) is 5.62. The number of likely N-dealkylation sites (tertiary alicyclic amines) is 1. The van der Waals surface area contributed by atoms with Crippen LogP contribution in [0.2, 0.25) is 0 Å². The molecule has 1 fully saturated rings. The number of aliphatic carboxylic acids is 1. The van der Waals surface area contributed by atoms with E-state index in [0.29, 0.717) is 19.4 Å². The summed E-state index contributed by atoms with van der Waals surface area (Å²) in [6, 6.07) is 7.70. The lowest BCUT2D eigenvalue weighted by molar-refractivity contribution is -0.143. The molecule has 0 saturated carbocycles. The molecule has 3 atom stereocenters. The maximum atomic E-state index is 12.8. The average Bonchev–Trinajstić information content (AvgIpc) is 2.87. The van der Waals surface area contributed by atoms with E-state index in [1.54, 1.807) is 4.90 Å². The molecule has 1 aromatic rings. The Hall–Kier alpha value is -1.36. The second-order valence-electron chi connectivity index (χ2n) is 5.91. The lowest BCUT2D eigenvalue weighted by Crippen LogP contribution is -2.41. The van der Waals surface area contributed by atoms with Gasteiger partial charge in [0.15, 0.2) is 0 Å². The van der Waals surface area contributed by atoms with E-state index in [-0.39, 0.29) is 17.9 Å². The van der Waals surface area contributed by atoms with Crippen LogP contribution in [0.25, 0.3) is 0 Å². The van der Waals surface area contributed by atoms with Gasteiger partial charge in [-0.3, -0.25) is 9.59 Å². The van der Waals surface area contributed by atoms with Gasteiger partial charge in [0.05, 0.1) is 5.92 Å². The van der Waals surface area contributed by atoms with E-state index in [2.05, 4.69) is 15.9 Å². The number of hydrogen-bond acceptors (Lipinski definition) is 2. The fourth-order valence-corrected chi connectivity index (χ4v) is 3.60. The SMILES string of the molecule is CCC(Cc1ccccc1Br)C(=O)N1CCC(C(=O)O)C1C. The van der Waals surface area contributed by atoms with Crippen molar-refractivity contribution in [1.82, 2.24) is 4.90 Å². The summed E-state index contributed by atoms with van der Waals surface area (Å²) in [6.45, 7) is 4.40. The van der Waals surface area contributed by atoms with Crippen molar-refractivity contribution in [3.8, 4) is 0 Å². The number of carbonyl (C=O) groups is 2. The number of amides is 1. The second-order valence-corrected chi connectivity index (χ2v) is 6.76. The third kappa shape index (κ3) is 3.51. The molecule has 1 aliphatic rings. The number of carbonyl (C=O) groups excluding carboxylic acids is 1. The maximum Gasteiger partial charge on any atom is 0.308 e. The van der Waals surface area contributed by atoms with Gasteiger partial charge >= 0.3 is 5.97 Å². The quantitative estimate of drug-likeness (QED) is 0.867. The van der Waals surface area contributed by atoms with Crippen LogP contribution >= 0.6 is 15.9 Å². The third-order valence-corrected chi connectivity index (χ3v) is 5.40. The van der Waals surface area contributed by atoms with Crippen molar-refractivity contribution >= 4 is 27.8 Å². The zero-order chi connectivity index (χ0) is 16.3. The predicted molar refractivity (Wildman–Crippen MR) is 88.5 cm³/mol. The number of carboxylic acids is 1. The molecule has 5 heteroatoms. The van der Waals surface area contributed by atoms with E-state index in [9.17, 15) is 14.7 Å². The van der Waals surface area contributed by atoms with Crippen LogP contribution < -0.4 is 0 Å². The molecule has 1 amide bonds. The van der Waals surface area contributed by atoms with Crippen molar-refractivity contribution in [2.24, 2.45) is 11.8 Å². The Balaban J connectivity index is 2.10. The molecule has 1 heterocycles. The van der Waals surface area contributed by atoms with E-state index in [1.165, 1.54) is 0 Å². The zero-order valence-corrected chi connectivity index (χ0v) is 14.5. The first kappa shape index (κ1) is 17.0. The van der Waals surface area contributed by atoms with E-state index in [4.69, 9.17) is 0 Å². The van der Waals surface area contributed by atoms with Crippen molar-refractivity contribution in [1.29, 1.82) is 0 Å². The lowest BCUT2D eigenvalue weighted by atomic mass is 9.94. The van der Waals surface area contributed by atoms with Gasteiger partial charge in [-0.25, -0.2) is 0 Å². The first-order chi connectivity index (χ1) is 10.5. The minimum atomic E-state index is -0.804. The molecule has 0 radical (unpaired) electrons. The summed E-state index contributed by atoms with van der Waals surface area (Å²) in [6.07, 6.45) is 1.98. The number of carboxylic acid groups (broad SMARTS) is 1. The molecule has 2 rings (SSSR count). The van der Waals surface area contributed by atoms with Gasteiger partial charge in [-0.15, -0.1) is 0 Å². The summed E-state index contributed by atoms with van der Waals surface area (Å²) in [7, 11) is 0. The topological polar surface area (TPSA) is 57.6 Å². The Bertz CT molecular complexity index is 561. The minimum Gasteiger partial charge on any atom is -0.481 e. The highest BCUT2D eigenvalue weighted by molar-refractivity contribution is 9.10. The Morgan fingerprint density at radius 1 is 1.41 bits per heavy atom. The van der Waals surface area contributed by atoms with Crippen LogP contribution in [0.4, 0.5) is 0 Å². The smallest absolute Gasteiger partial charge is 0.308 e. The van der Waals surface area contributed by atoms with Crippen LogP contribution in [0, 0.1) is 11.8 Å². The van der Waals surface area contributed by atoms with Crippen molar-refractivity contribution in [2.75, 3.05) is 6.54 Å². The van der Waals surface area contributed by atoms with Crippen LogP contribution in [0.1, 0.15) is 32.3 Å². The Morgan fingerprint density at radius 3 is 2.64 bits per heavy atom. The van der Waals surface area contributed by atoms with Crippen LogP contribution in [-0.4, -0.2) is 34.5 Å². The fourth-order valence-electron chi connectivity index (χ4n) is 3.15. The van der Waals surface area contributed by atoms with Gasteiger partial charge in [-0.05, 0) is 37.8 Å². The van der Waals surface area contributed by atoms with Gasteiger partial charge in [-0.2, -0.15) is 0 Å². The predicted octanol–water partition coefficient (Wildman–Crippen LogP) is 3.34. The molecule has 1 saturated heterocycles. The van der Waals surface area contributed by atoms with Gasteiger partial charge in [-0.1, -0.05) is 41.1 Å². The molecule has 0 bridgehead atoms. The zero-order valence-electron chi connectivity index (χ0n) is 13.0. The number of benzene rings is 1. The highest BCUT2D eigenvalue weighted by atomic mass is 79.9. The number of rotatable bonds is 5. The summed E-state index contributed by atoms with van der Waals surface area (Å²) in [5.41, 5.74) is 1.12. The lowest BCUT2D eigenvalue weighted by Gasteiger charge is -2.27. The second kappa shape index (κ2) is 7.27. The van der Waals surface area contributed by atoms with Gasteiger partial charge in [0.1, 0.15) is 0 Å². The number of nitrogens with zero attached hydrogens (tertiary/aromatic N) is 1. The van der Waals surface area contributed by atoms with E-state index >= 15 is 0 Å². The largest absolute Gasteiger partial charge is 0.481 e. The molecular formula is C17H22BrNO3. The van der Waals surface area contributed by atoms with Crippen LogP contribution in [0.5, 0.6) is 0 Å². The Morgan fingerprint density at radius 2 is 2.09 bits per heavy atom. The molecule has 3 unspecified atom stereocenters. The first-order valence-electron chi connectivity index (χ1n) is 7.72. The summed E-state index contributed by atoms with van der Waals surface area (Å²) in [4.78, 5) is 25.8. The fraction of sp³-hybridized carbons (Fsp3) is 0.529. The van der Waals surface area contributed by atoms with Gasteiger partial charge in [0.2, 0.25) is 5.91 Å². The molecule has 0 aromatic heterocycles. The van der Waals surface area contributed by atoms with Crippen molar-refractivity contribution in [3.63, 3.8) is 0 Å². The maximum absolute atomic E-state index is 12.8. The summed E-state index contributed by atoms with van der Waals surface area (Å²) in [5.74, 6) is -1.27. The number of halogens is 1. The normalized spacial score (nSPS) is 22.6. The highest BCUT2D eigenvalue weighted by Gasteiger charge is 2.39. The van der Waals surface area contributed by atoms with Crippen molar-refractivity contribution in [2.45, 2.75) is 39.2 Å². The van der Waals surface area contributed by atoms with Crippen molar-refractivity contribution in [3.05, 3.63) is 34.3 Å². The van der Waals surface area contributed by atoms with E-state index in [1.807, 2.05) is 38.1 Å². The molecular weight excluding hydrogens is 346 g/mol. The van der Waals surface area contributed by atoms with Crippen LogP contribution in [0.3, 0.4) is 0 Å². The summed E-state index contributed by atoms with van der Waals surface area (Å²) >= 11 is 3.52. The molecule has 120 valence electrons. The van der Waals surface area contributed by atoms with Crippen molar-refractivity contribution < 1.29 is 14.7 Å². The average molecular weight is 368 g/mol. The highest BCUT2D eigenvalue weighted by Crippen LogP contribution is 2.28. The molecule has 0 spiro atoms. The third-order valence-electron chi connectivity index (χ3n) is 4.62. The van der Waals surface area contributed by atoms with Gasteiger partial charge < -0.3 is 10.0 Å². The summed E-state index contributed by atoms with van der Waals surface area (Å²) < 4.78 is 1.01.